The van der Waals surface area contributed by atoms with Gasteiger partial charge < -0.3 is 0 Å². The number of hydrogen-bond acceptors (Lipinski definition) is 2. The van der Waals surface area contributed by atoms with Crippen LogP contribution in [0.2, 0.25) is 0 Å². The highest BCUT2D eigenvalue weighted by atomic mass is 15.2. The van der Waals surface area contributed by atoms with Gasteiger partial charge in [-0.15, -0.1) is 0 Å². The highest BCUT2D eigenvalue weighted by Crippen LogP contribution is 2.27. The van der Waals surface area contributed by atoms with E-state index in [4.69, 9.17) is 5.26 Å². The van der Waals surface area contributed by atoms with Gasteiger partial charge in [-0.3, -0.25) is 4.90 Å². The summed E-state index contributed by atoms with van der Waals surface area (Å²) in [7, 11) is 0. The lowest BCUT2D eigenvalue weighted by molar-refractivity contribution is 0.221. The molecule has 1 saturated heterocycles. The predicted molar refractivity (Wildman–Crippen MR) is 40.5 cm³/mol. The summed E-state index contributed by atoms with van der Waals surface area (Å²) in [5.74, 6) is 0. The van der Waals surface area contributed by atoms with Crippen LogP contribution in [-0.2, 0) is 0 Å². The average molecular weight is 138 g/mol. The number of nitrogens with zero attached hydrogens (tertiary/aromatic N) is 2. The molecule has 1 unspecified atom stereocenters. The number of rotatable bonds is 1. The van der Waals surface area contributed by atoms with Crippen LogP contribution in [0.1, 0.15) is 26.7 Å². The number of hydrogen-bond donors (Lipinski definition) is 0. The van der Waals surface area contributed by atoms with E-state index in [1.807, 2.05) is 6.92 Å². The van der Waals surface area contributed by atoms with E-state index in [1.54, 1.807) is 0 Å². The highest BCUT2D eigenvalue weighted by Gasteiger charge is 2.35. The molecule has 0 amide bonds. The van der Waals surface area contributed by atoms with Gasteiger partial charge >= 0.3 is 0 Å². The highest BCUT2D eigenvalue weighted by molar-refractivity contribution is 5.08. The zero-order valence-corrected chi connectivity index (χ0v) is 6.72. The van der Waals surface area contributed by atoms with E-state index >= 15 is 0 Å². The molecule has 2 nitrogen and oxygen atoms in total. The van der Waals surface area contributed by atoms with Crippen LogP contribution in [0.4, 0.5) is 0 Å². The summed E-state index contributed by atoms with van der Waals surface area (Å²) in [6, 6.07) is 2.37. The molecule has 0 spiro atoms. The molecule has 0 aromatic rings. The molecule has 10 heavy (non-hydrogen) atoms. The molecule has 1 fully saturated rings. The normalized spacial score (nSPS) is 34.1. The Hall–Kier alpha value is -0.550. The Morgan fingerprint density at radius 3 is 2.80 bits per heavy atom. The second-order valence-electron chi connectivity index (χ2n) is 3.07. The first kappa shape index (κ1) is 7.56. The third-order valence-corrected chi connectivity index (χ3v) is 2.41. The Balaban J connectivity index is 2.68. The van der Waals surface area contributed by atoms with Gasteiger partial charge in [-0.25, -0.2) is 0 Å². The molecule has 0 saturated carbocycles. The SMILES string of the molecule is CCN1CCCC1(C)C#N. The molecule has 56 valence electrons. The molecule has 1 aliphatic rings. The predicted octanol–water partition coefficient (Wildman–Crippen LogP) is 1.38. The van der Waals surface area contributed by atoms with Crippen molar-refractivity contribution in [2.24, 2.45) is 0 Å². The van der Waals surface area contributed by atoms with Crippen LogP contribution in [0.5, 0.6) is 0 Å². The Labute approximate surface area is 62.4 Å². The lowest BCUT2D eigenvalue weighted by atomic mass is 10.0. The minimum Gasteiger partial charge on any atom is -0.286 e. The van der Waals surface area contributed by atoms with E-state index in [0.29, 0.717) is 0 Å². The lowest BCUT2D eigenvalue weighted by Gasteiger charge is -2.26. The second kappa shape index (κ2) is 2.59. The van der Waals surface area contributed by atoms with Crippen LogP contribution < -0.4 is 0 Å². The third-order valence-electron chi connectivity index (χ3n) is 2.41. The quantitative estimate of drug-likeness (QED) is 0.547. The molecule has 0 aromatic carbocycles. The maximum absolute atomic E-state index is 8.84. The van der Waals surface area contributed by atoms with Gasteiger partial charge in [0.25, 0.3) is 0 Å². The van der Waals surface area contributed by atoms with E-state index in [9.17, 15) is 0 Å². The summed E-state index contributed by atoms with van der Waals surface area (Å²) in [5, 5.41) is 8.84. The molecule has 1 aliphatic heterocycles. The minimum absolute atomic E-state index is 0.158. The van der Waals surface area contributed by atoms with Gasteiger partial charge in [-0.1, -0.05) is 6.92 Å². The standard InChI is InChI=1S/C8H14N2/c1-3-10-6-4-5-8(10,2)7-9/h3-6H2,1-2H3. The number of likely N-dealkylation sites (tertiary alicyclic amines) is 1. The van der Waals surface area contributed by atoms with Crippen molar-refractivity contribution in [2.75, 3.05) is 13.1 Å². The molecule has 0 radical (unpaired) electrons. The van der Waals surface area contributed by atoms with Gasteiger partial charge in [0, 0.05) is 0 Å². The van der Waals surface area contributed by atoms with Gasteiger partial charge in [0.05, 0.1) is 6.07 Å². The molecule has 2 heteroatoms. The van der Waals surface area contributed by atoms with Gasteiger partial charge in [0.15, 0.2) is 0 Å². The fraction of sp³-hybridized carbons (Fsp3) is 0.875. The molecular weight excluding hydrogens is 124 g/mol. The summed E-state index contributed by atoms with van der Waals surface area (Å²) in [6.07, 6.45) is 2.22. The third kappa shape index (κ3) is 1.02. The maximum atomic E-state index is 8.84. The van der Waals surface area contributed by atoms with Crippen molar-refractivity contribution in [3.63, 3.8) is 0 Å². The van der Waals surface area contributed by atoms with Crippen LogP contribution in [0, 0.1) is 11.3 Å². The first-order chi connectivity index (χ1) is 4.73. The Kier molecular flexibility index (Phi) is 1.96. The van der Waals surface area contributed by atoms with Crippen LogP contribution in [0.25, 0.3) is 0 Å². The fourth-order valence-electron chi connectivity index (χ4n) is 1.65. The van der Waals surface area contributed by atoms with Crippen LogP contribution in [0.15, 0.2) is 0 Å². The smallest absolute Gasteiger partial charge is 0.106 e. The topological polar surface area (TPSA) is 27.0 Å². The van der Waals surface area contributed by atoms with E-state index < -0.39 is 0 Å². The average Bonchev–Trinajstić information content (AvgIpc) is 2.32. The molecule has 1 atom stereocenters. The van der Waals surface area contributed by atoms with Gasteiger partial charge in [-0.2, -0.15) is 5.26 Å². The zero-order chi connectivity index (χ0) is 7.61. The first-order valence-electron chi connectivity index (χ1n) is 3.89. The fourth-order valence-corrected chi connectivity index (χ4v) is 1.65. The first-order valence-corrected chi connectivity index (χ1v) is 3.89. The van der Waals surface area contributed by atoms with Crippen LogP contribution >= 0.6 is 0 Å². The van der Waals surface area contributed by atoms with Crippen molar-refractivity contribution in [2.45, 2.75) is 32.2 Å². The molecule has 0 N–H and O–H groups in total. The van der Waals surface area contributed by atoms with Crippen molar-refractivity contribution in [3.05, 3.63) is 0 Å². The summed E-state index contributed by atoms with van der Waals surface area (Å²) in [6.45, 7) is 6.25. The van der Waals surface area contributed by atoms with E-state index in [0.717, 1.165) is 19.5 Å². The van der Waals surface area contributed by atoms with E-state index in [-0.39, 0.29) is 5.54 Å². The molecule has 1 rings (SSSR count). The largest absolute Gasteiger partial charge is 0.286 e. The second-order valence-corrected chi connectivity index (χ2v) is 3.07. The van der Waals surface area contributed by atoms with Crippen LogP contribution in [-0.4, -0.2) is 23.5 Å². The molecule has 0 aromatic heterocycles. The Bertz CT molecular complexity index is 159. The van der Waals surface area contributed by atoms with Gasteiger partial charge in [0.1, 0.15) is 5.54 Å². The Morgan fingerprint density at radius 2 is 2.40 bits per heavy atom. The maximum Gasteiger partial charge on any atom is 0.106 e. The summed E-state index contributed by atoms with van der Waals surface area (Å²) < 4.78 is 0. The minimum atomic E-state index is -0.158. The van der Waals surface area contributed by atoms with Crippen molar-refractivity contribution >= 4 is 0 Å². The van der Waals surface area contributed by atoms with Crippen molar-refractivity contribution in [1.29, 1.82) is 5.26 Å². The molecule has 0 bridgehead atoms. The molecule has 1 heterocycles. The zero-order valence-electron chi connectivity index (χ0n) is 6.72. The Morgan fingerprint density at radius 1 is 1.70 bits per heavy atom. The van der Waals surface area contributed by atoms with Gasteiger partial charge in [0.2, 0.25) is 0 Å². The molecular formula is C8H14N2. The van der Waals surface area contributed by atoms with E-state index in [2.05, 4.69) is 17.9 Å². The molecule has 0 aliphatic carbocycles. The van der Waals surface area contributed by atoms with Crippen molar-refractivity contribution < 1.29 is 0 Å². The van der Waals surface area contributed by atoms with E-state index in [1.165, 1.54) is 6.42 Å². The van der Waals surface area contributed by atoms with Crippen molar-refractivity contribution in [3.8, 4) is 6.07 Å². The summed E-state index contributed by atoms with van der Waals surface area (Å²) in [5.41, 5.74) is -0.158. The van der Waals surface area contributed by atoms with Crippen molar-refractivity contribution in [1.82, 2.24) is 4.90 Å². The van der Waals surface area contributed by atoms with Gasteiger partial charge in [-0.05, 0) is 32.9 Å². The summed E-state index contributed by atoms with van der Waals surface area (Å²) >= 11 is 0. The number of nitriles is 1. The lowest BCUT2D eigenvalue weighted by Crippen LogP contribution is -2.39. The monoisotopic (exact) mass is 138 g/mol. The summed E-state index contributed by atoms with van der Waals surface area (Å²) in [4.78, 5) is 2.24. The van der Waals surface area contributed by atoms with Crippen LogP contribution in [0.3, 0.4) is 0 Å².